The first-order valence-corrected chi connectivity index (χ1v) is 4.43. The zero-order chi connectivity index (χ0) is 8.84. The normalized spacial score (nSPS) is 18.2. The minimum atomic E-state index is 0.604. The van der Waals surface area contributed by atoms with E-state index < -0.39 is 0 Å². The van der Waals surface area contributed by atoms with Crippen molar-refractivity contribution in [3.05, 3.63) is 36.5 Å². The van der Waals surface area contributed by atoms with Crippen molar-refractivity contribution in [3.63, 3.8) is 0 Å². The summed E-state index contributed by atoms with van der Waals surface area (Å²) in [6.45, 7) is 0. The molecule has 1 aliphatic carbocycles. The molecule has 1 aromatic carbocycles. The summed E-state index contributed by atoms with van der Waals surface area (Å²) < 4.78 is 9.98. The maximum Gasteiger partial charge on any atom is 0.0818 e. The number of rotatable bonds is 1. The fourth-order valence-electron chi connectivity index (χ4n) is 1.67. The van der Waals surface area contributed by atoms with Crippen LogP contribution in [0.2, 0.25) is 0 Å². The average molecular weight is 158 g/mol. The summed E-state index contributed by atoms with van der Waals surface area (Å²) in [5.74, 6) is 0. The standard InChI is InChI=1S/C11H11N/c1-2-4-11-9(3-1)7-8-12(11)10-5-6-10/h1-4,7-8,10H,5-6H2/i8D. The molecule has 0 amide bonds. The van der Waals surface area contributed by atoms with Crippen molar-refractivity contribution in [2.24, 2.45) is 0 Å². The van der Waals surface area contributed by atoms with E-state index >= 15 is 0 Å². The first kappa shape index (κ1) is 5.41. The molecule has 0 atom stereocenters. The van der Waals surface area contributed by atoms with Gasteiger partial charge in [-0.05, 0) is 30.4 Å². The lowest BCUT2D eigenvalue weighted by Gasteiger charge is -2.00. The summed E-state index contributed by atoms with van der Waals surface area (Å²) in [6, 6.07) is 10.8. The molecule has 0 unspecified atom stereocenters. The smallest absolute Gasteiger partial charge is 0.0818 e. The van der Waals surface area contributed by atoms with Crippen molar-refractivity contribution >= 4 is 10.9 Å². The summed E-state index contributed by atoms with van der Waals surface area (Å²) in [7, 11) is 0. The zero-order valence-corrected chi connectivity index (χ0v) is 6.83. The molecule has 3 rings (SSSR count). The maximum atomic E-state index is 7.83. The second-order valence-corrected chi connectivity index (χ2v) is 3.43. The van der Waals surface area contributed by atoms with Gasteiger partial charge in [-0.15, -0.1) is 0 Å². The van der Waals surface area contributed by atoms with Crippen LogP contribution in [0.1, 0.15) is 20.3 Å². The fraction of sp³-hybridized carbons (Fsp3) is 0.273. The molecule has 0 saturated heterocycles. The van der Waals surface area contributed by atoms with Gasteiger partial charge in [-0.1, -0.05) is 18.2 Å². The molecule has 1 nitrogen and oxygen atoms in total. The van der Waals surface area contributed by atoms with Crippen LogP contribution in [0.3, 0.4) is 0 Å². The Bertz CT molecular complexity index is 454. The third-order valence-corrected chi connectivity index (χ3v) is 2.47. The molecule has 1 aromatic heterocycles. The van der Waals surface area contributed by atoms with E-state index in [1.165, 1.54) is 23.7 Å². The van der Waals surface area contributed by atoms with Crippen molar-refractivity contribution in [3.8, 4) is 0 Å². The van der Waals surface area contributed by atoms with Gasteiger partial charge in [0.25, 0.3) is 0 Å². The number of nitrogens with zero attached hydrogens (tertiary/aromatic N) is 1. The molecule has 1 heterocycles. The number of fused-ring (bicyclic) bond motifs is 1. The van der Waals surface area contributed by atoms with Gasteiger partial charge in [0, 0.05) is 17.7 Å². The second kappa shape index (κ2) is 2.13. The molecule has 0 N–H and O–H groups in total. The largest absolute Gasteiger partial charge is 0.344 e. The highest BCUT2D eigenvalue weighted by molar-refractivity contribution is 5.80. The lowest BCUT2D eigenvalue weighted by molar-refractivity contribution is 0.776. The van der Waals surface area contributed by atoms with Crippen molar-refractivity contribution in [2.45, 2.75) is 18.9 Å². The molecular formula is C11H11N. The molecule has 60 valence electrons. The summed E-state index contributed by atoms with van der Waals surface area (Å²) >= 11 is 0. The monoisotopic (exact) mass is 158 g/mol. The first-order valence-electron chi connectivity index (χ1n) is 4.93. The predicted octanol–water partition coefficient (Wildman–Crippen LogP) is 2.98. The lowest BCUT2D eigenvalue weighted by atomic mass is 10.2. The number of hydrogen-bond acceptors (Lipinski definition) is 0. The Morgan fingerprint density at radius 3 is 2.92 bits per heavy atom. The van der Waals surface area contributed by atoms with Crippen LogP contribution < -0.4 is 0 Å². The molecule has 2 aromatic rings. The summed E-state index contributed by atoms with van der Waals surface area (Å²) in [5.41, 5.74) is 1.22. The van der Waals surface area contributed by atoms with Crippen LogP contribution in [0.15, 0.2) is 36.5 Å². The van der Waals surface area contributed by atoms with Gasteiger partial charge in [-0.3, -0.25) is 0 Å². The predicted molar refractivity (Wildman–Crippen MR) is 50.2 cm³/mol. The van der Waals surface area contributed by atoms with Gasteiger partial charge < -0.3 is 4.57 Å². The zero-order valence-electron chi connectivity index (χ0n) is 7.83. The summed E-state index contributed by atoms with van der Waals surface area (Å²) in [6.07, 6.45) is 3.14. The molecule has 1 saturated carbocycles. The Morgan fingerprint density at radius 1 is 1.25 bits per heavy atom. The van der Waals surface area contributed by atoms with Crippen LogP contribution in [0.5, 0.6) is 0 Å². The number of para-hydroxylation sites is 1. The molecule has 0 radical (unpaired) electrons. The minimum Gasteiger partial charge on any atom is -0.344 e. The minimum absolute atomic E-state index is 0.604. The summed E-state index contributed by atoms with van der Waals surface area (Å²) in [4.78, 5) is 0. The van der Waals surface area contributed by atoms with Crippen LogP contribution in [0.25, 0.3) is 10.9 Å². The number of benzene rings is 1. The van der Waals surface area contributed by atoms with Crippen molar-refractivity contribution in [2.75, 3.05) is 0 Å². The van der Waals surface area contributed by atoms with E-state index in [0.717, 1.165) is 0 Å². The molecule has 1 heteroatoms. The Hall–Kier alpha value is -1.24. The topological polar surface area (TPSA) is 4.93 Å². The quantitative estimate of drug-likeness (QED) is 0.601. The van der Waals surface area contributed by atoms with E-state index in [-0.39, 0.29) is 0 Å². The second-order valence-electron chi connectivity index (χ2n) is 3.43. The van der Waals surface area contributed by atoms with Crippen molar-refractivity contribution in [1.29, 1.82) is 0 Å². The maximum absolute atomic E-state index is 7.83. The SMILES string of the molecule is [2H]c1cc2ccccc2n1C1CC1. The van der Waals surface area contributed by atoms with Crippen LogP contribution in [0, 0.1) is 0 Å². The van der Waals surface area contributed by atoms with Gasteiger partial charge in [-0.25, -0.2) is 0 Å². The highest BCUT2D eigenvalue weighted by Crippen LogP contribution is 2.37. The van der Waals surface area contributed by atoms with Crippen LogP contribution >= 0.6 is 0 Å². The number of aromatic nitrogens is 1. The fourth-order valence-corrected chi connectivity index (χ4v) is 1.67. The van der Waals surface area contributed by atoms with Crippen LogP contribution in [-0.2, 0) is 0 Å². The van der Waals surface area contributed by atoms with E-state index in [2.05, 4.69) is 16.7 Å². The third-order valence-electron chi connectivity index (χ3n) is 2.47. The molecule has 0 bridgehead atoms. The molecule has 0 aliphatic heterocycles. The Kier molecular flexibility index (Phi) is 0.960. The Balaban J connectivity index is 2.35. The van der Waals surface area contributed by atoms with Crippen molar-refractivity contribution < 1.29 is 1.37 Å². The van der Waals surface area contributed by atoms with E-state index in [4.69, 9.17) is 1.37 Å². The van der Waals surface area contributed by atoms with E-state index in [1.807, 2.05) is 18.2 Å². The molecular weight excluding hydrogens is 146 g/mol. The van der Waals surface area contributed by atoms with Crippen LogP contribution in [0.4, 0.5) is 0 Å². The van der Waals surface area contributed by atoms with E-state index in [1.54, 1.807) is 0 Å². The van der Waals surface area contributed by atoms with E-state index in [9.17, 15) is 0 Å². The molecule has 0 spiro atoms. The Labute approximate surface area is 73.0 Å². The molecule has 1 fully saturated rings. The Morgan fingerprint density at radius 2 is 2.08 bits per heavy atom. The van der Waals surface area contributed by atoms with Crippen LogP contribution in [-0.4, -0.2) is 4.57 Å². The molecule has 1 aliphatic rings. The van der Waals surface area contributed by atoms with E-state index in [0.29, 0.717) is 12.2 Å². The van der Waals surface area contributed by atoms with Gasteiger partial charge in [0.05, 0.1) is 1.37 Å². The van der Waals surface area contributed by atoms with Gasteiger partial charge in [0.2, 0.25) is 0 Å². The van der Waals surface area contributed by atoms with Gasteiger partial charge in [0.15, 0.2) is 0 Å². The lowest BCUT2D eigenvalue weighted by Crippen LogP contribution is -1.89. The third kappa shape index (κ3) is 0.795. The van der Waals surface area contributed by atoms with Crippen molar-refractivity contribution in [1.82, 2.24) is 4.57 Å². The average Bonchev–Trinajstić information content (AvgIpc) is 2.88. The van der Waals surface area contributed by atoms with Gasteiger partial charge in [-0.2, -0.15) is 0 Å². The number of hydrogen-bond donors (Lipinski definition) is 0. The highest BCUT2D eigenvalue weighted by atomic mass is 15.0. The first-order chi connectivity index (χ1) is 6.36. The highest BCUT2D eigenvalue weighted by Gasteiger charge is 2.23. The van der Waals surface area contributed by atoms with Gasteiger partial charge >= 0.3 is 0 Å². The summed E-state index contributed by atoms with van der Waals surface area (Å²) in [5, 5.41) is 1.19. The van der Waals surface area contributed by atoms with Gasteiger partial charge in [0.1, 0.15) is 0 Å². The molecule has 12 heavy (non-hydrogen) atoms.